The van der Waals surface area contributed by atoms with Gasteiger partial charge in [0.05, 0.1) is 23.0 Å². The molecule has 2 heterocycles. The van der Waals surface area contributed by atoms with E-state index in [0.717, 1.165) is 0 Å². The quantitative estimate of drug-likeness (QED) is 0.615. The number of fused-ring (bicyclic) bond motifs is 1. The van der Waals surface area contributed by atoms with Gasteiger partial charge < -0.3 is 4.74 Å². The molecule has 1 spiro atoms. The monoisotopic (exact) mass is 362 g/mol. The molecule has 0 aliphatic carbocycles. The molecule has 0 bridgehead atoms. The summed E-state index contributed by atoms with van der Waals surface area (Å²) >= 11 is 0. The number of para-hydroxylation sites is 1. The second-order valence-electron chi connectivity index (χ2n) is 6.40. The molecule has 0 saturated heterocycles. The van der Waals surface area contributed by atoms with Crippen molar-refractivity contribution in [3.63, 3.8) is 0 Å². The summed E-state index contributed by atoms with van der Waals surface area (Å²) in [6.07, 6.45) is 0. The lowest BCUT2D eigenvalue weighted by atomic mass is 9.81. The number of ether oxygens (including phenoxy) is 1. The average Bonchev–Trinajstić information content (AvgIpc) is 3.12. The topological polar surface area (TPSA) is 109 Å². The highest BCUT2D eigenvalue weighted by molar-refractivity contribution is 6.23. The van der Waals surface area contributed by atoms with Crippen LogP contribution < -0.4 is 9.75 Å². The van der Waals surface area contributed by atoms with Crippen LogP contribution in [0.15, 0.2) is 53.6 Å². The molecule has 27 heavy (non-hydrogen) atoms. The molecule has 2 aliphatic rings. The Labute approximate surface area is 154 Å². The van der Waals surface area contributed by atoms with Crippen LogP contribution in [0.5, 0.6) is 5.75 Å². The number of anilines is 1. The van der Waals surface area contributed by atoms with Gasteiger partial charge in [0.15, 0.2) is 0 Å². The molecule has 8 heteroatoms. The first-order valence-corrected chi connectivity index (χ1v) is 8.27. The fraction of sp³-hybridized carbons (Fsp3) is 0.211. The SMILES string of the molecule is CC1=NN(c2ccc(C#N)cc2)C(=O)[C@@]12Oc1ccccc1[C@@H]2C[N+](=O)[O-]. The molecule has 1 amide bonds. The molecule has 0 saturated carbocycles. The first-order valence-electron chi connectivity index (χ1n) is 8.27. The van der Waals surface area contributed by atoms with Gasteiger partial charge in [0, 0.05) is 10.5 Å². The number of benzene rings is 2. The van der Waals surface area contributed by atoms with Crippen molar-refractivity contribution < 1.29 is 14.5 Å². The molecule has 0 N–H and O–H groups in total. The molecule has 0 aromatic heterocycles. The van der Waals surface area contributed by atoms with Crippen LogP contribution in [0.3, 0.4) is 0 Å². The number of amides is 1. The van der Waals surface area contributed by atoms with Crippen molar-refractivity contribution in [1.82, 2.24) is 0 Å². The molecule has 4 rings (SSSR count). The van der Waals surface area contributed by atoms with E-state index < -0.39 is 28.9 Å². The van der Waals surface area contributed by atoms with E-state index in [-0.39, 0.29) is 0 Å². The number of nitrogens with zero attached hydrogens (tertiary/aromatic N) is 4. The maximum absolute atomic E-state index is 13.4. The Balaban J connectivity index is 1.78. The highest BCUT2D eigenvalue weighted by atomic mass is 16.6. The zero-order valence-corrected chi connectivity index (χ0v) is 14.3. The smallest absolute Gasteiger partial charge is 0.298 e. The Morgan fingerprint density at radius 3 is 2.67 bits per heavy atom. The minimum absolute atomic E-state index is 0.361. The number of nitro groups is 1. The maximum Gasteiger partial charge on any atom is 0.298 e. The Morgan fingerprint density at radius 1 is 1.30 bits per heavy atom. The van der Waals surface area contributed by atoms with Gasteiger partial charge in [-0.3, -0.25) is 14.9 Å². The van der Waals surface area contributed by atoms with Crippen molar-refractivity contribution >= 4 is 17.3 Å². The highest BCUT2D eigenvalue weighted by Crippen LogP contribution is 2.49. The normalized spacial score (nSPS) is 23.0. The molecule has 2 atom stereocenters. The fourth-order valence-electron chi connectivity index (χ4n) is 3.65. The summed E-state index contributed by atoms with van der Waals surface area (Å²) in [5.74, 6) is -0.801. The van der Waals surface area contributed by atoms with E-state index >= 15 is 0 Å². The van der Waals surface area contributed by atoms with E-state index in [1.165, 1.54) is 5.01 Å². The predicted octanol–water partition coefficient (Wildman–Crippen LogP) is 2.47. The molecular weight excluding hydrogens is 348 g/mol. The molecule has 8 nitrogen and oxygen atoms in total. The second-order valence-corrected chi connectivity index (χ2v) is 6.40. The Hall–Kier alpha value is -3.73. The highest BCUT2D eigenvalue weighted by Gasteiger charge is 2.63. The number of nitriles is 1. The van der Waals surface area contributed by atoms with E-state index in [9.17, 15) is 14.9 Å². The first-order chi connectivity index (χ1) is 13.0. The minimum Gasteiger partial charge on any atom is -0.470 e. The van der Waals surface area contributed by atoms with Gasteiger partial charge in [-0.2, -0.15) is 15.4 Å². The second kappa shape index (κ2) is 5.92. The summed E-state index contributed by atoms with van der Waals surface area (Å²) in [7, 11) is 0. The summed E-state index contributed by atoms with van der Waals surface area (Å²) in [6.45, 7) is 1.19. The number of carbonyl (C=O) groups excluding carboxylic acids is 1. The van der Waals surface area contributed by atoms with E-state index in [1.54, 1.807) is 55.5 Å². The van der Waals surface area contributed by atoms with Crippen molar-refractivity contribution in [1.29, 1.82) is 5.26 Å². The zero-order valence-electron chi connectivity index (χ0n) is 14.3. The molecule has 0 radical (unpaired) electrons. The van der Waals surface area contributed by atoms with Crippen LogP contribution in [0, 0.1) is 21.4 Å². The third kappa shape index (κ3) is 2.36. The largest absolute Gasteiger partial charge is 0.470 e. The van der Waals surface area contributed by atoms with Gasteiger partial charge in [-0.15, -0.1) is 0 Å². The van der Waals surface area contributed by atoms with Gasteiger partial charge in [-0.25, -0.2) is 0 Å². The van der Waals surface area contributed by atoms with Crippen LogP contribution >= 0.6 is 0 Å². The van der Waals surface area contributed by atoms with Crippen molar-refractivity contribution in [2.45, 2.75) is 18.4 Å². The van der Waals surface area contributed by atoms with Gasteiger partial charge in [-0.1, -0.05) is 18.2 Å². The lowest BCUT2D eigenvalue weighted by Gasteiger charge is -2.27. The summed E-state index contributed by atoms with van der Waals surface area (Å²) < 4.78 is 6.01. The van der Waals surface area contributed by atoms with E-state index in [2.05, 4.69) is 5.10 Å². The third-order valence-electron chi connectivity index (χ3n) is 4.93. The predicted molar refractivity (Wildman–Crippen MR) is 96.2 cm³/mol. The van der Waals surface area contributed by atoms with Crippen LogP contribution in [-0.4, -0.2) is 28.7 Å². The fourth-order valence-corrected chi connectivity index (χ4v) is 3.65. The number of hydrogen-bond acceptors (Lipinski definition) is 6. The van der Waals surface area contributed by atoms with E-state index in [0.29, 0.717) is 28.3 Å². The number of hydrazone groups is 1. The van der Waals surface area contributed by atoms with Crippen molar-refractivity contribution in [3.05, 3.63) is 69.8 Å². The molecule has 2 aliphatic heterocycles. The van der Waals surface area contributed by atoms with E-state index in [1.807, 2.05) is 6.07 Å². The Bertz CT molecular complexity index is 1020. The van der Waals surface area contributed by atoms with Crippen molar-refractivity contribution in [2.75, 3.05) is 11.6 Å². The van der Waals surface area contributed by atoms with Gasteiger partial charge in [0.2, 0.25) is 12.1 Å². The van der Waals surface area contributed by atoms with Crippen LogP contribution in [0.25, 0.3) is 0 Å². The summed E-state index contributed by atoms with van der Waals surface area (Å²) in [5, 5.41) is 25.8. The van der Waals surface area contributed by atoms with Crippen LogP contribution in [0.4, 0.5) is 5.69 Å². The van der Waals surface area contributed by atoms with Gasteiger partial charge in [-0.05, 0) is 37.3 Å². The zero-order chi connectivity index (χ0) is 19.2. The maximum atomic E-state index is 13.4. The standard InChI is InChI=1S/C19H14N4O4/c1-12-19(16(11-22(25)26)15-4-2-3-5-17(15)27-19)18(24)23(21-12)14-8-6-13(10-20)7-9-14/h2-9,16H,11H2,1H3/t16-,19+/m0/s1. The Morgan fingerprint density at radius 2 is 2.00 bits per heavy atom. The third-order valence-corrected chi connectivity index (χ3v) is 4.93. The molecular formula is C19H14N4O4. The van der Waals surface area contributed by atoms with Gasteiger partial charge >= 0.3 is 0 Å². The molecule has 0 unspecified atom stereocenters. The molecule has 2 aromatic rings. The summed E-state index contributed by atoms with van der Waals surface area (Å²) in [5.41, 5.74) is 0.370. The lowest BCUT2D eigenvalue weighted by Crippen LogP contribution is -2.54. The average molecular weight is 362 g/mol. The Kier molecular flexibility index (Phi) is 3.66. The van der Waals surface area contributed by atoms with Crippen molar-refractivity contribution in [3.8, 4) is 11.8 Å². The molecule has 134 valence electrons. The van der Waals surface area contributed by atoms with Crippen molar-refractivity contribution in [2.24, 2.45) is 5.10 Å². The summed E-state index contributed by atoms with van der Waals surface area (Å²) in [6, 6.07) is 15.3. The summed E-state index contributed by atoms with van der Waals surface area (Å²) in [4.78, 5) is 24.2. The number of carbonyl (C=O) groups is 1. The number of rotatable bonds is 3. The van der Waals surface area contributed by atoms with E-state index in [4.69, 9.17) is 10.00 Å². The van der Waals surface area contributed by atoms with Crippen LogP contribution in [-0.2, 0) is 4.79 Å². The van der Waals surface area contributed by atoms with Gasteiger partial charge in [0.1, 0.15) is 11.7 Å². The molecule has 2 aromatic carbocycles. The number of hydrogen-bond donors (Lipinski definition) is 0. The first kappa shape index (κ1) is 16.7. The van der Waals surface area contributed by atoms with Crippen LogP contribution in [0.1, 0.15) is 24.0 Å². The molecule has 0 fully saturated rings. The van der Waals surface area contributed by atoms with Crippen LogP contribution in [0.2, 0.25) is 0 Å². The minimum atomic E-state index is -1.54. The lowest BCUT2D eigenvalue weighted by molar-refractivity contribution is -0.484. The van der Waals surface area contributed by atoms with Gasteiger partial charge in [0.25, 0.3) is 5.91 Å².